The van der Waals surface area contributed by atoms with E-state index in [1.54, 1.807) is 24.5 Å². The van der Waals surface area contributed by atoms with Gasteiger partial charge in [0.05, 0.1) is 22.5 Å². The Hall–Kier alpha value is -3.34. The number of benzene rings is 2. The number of para-hydroxylation sites is 1. The molecular weight excluding hydrogens is 340 g/mol. The third-order valence-electron chi connectivity index (χ3n) is 4.50. The van der Waals surface area contributed by atoms with Crippen molar-refractivity contribution in [1.82, 2.24) is 4.98 Å². The van der Waals surface area contributed by atoms with Crippen LogP contribution in [0.5, 0.6) is 0 Å². The lowest BCUT2D eigenvalue weighted by molar-refractivity contribution is 0.0697. The number of carboxylic acid groups (broad SMARTS) is 1. The first kappa shape index (κ1) is 17.1. The summed E-state index contributed by atoms with van der Waals surface area (Å²) in [6, 6.07) is 14.8. The molecule has 0 saturated heterocycles. The van der Waals surface area contributed by atoms with Crippen LogP contribution in [0.2, 0.25) is 0 Å². The highest BCUT2D eigenvalue weighted by atomic mass is 16.4. The minimum absolute atomic E-state index is 0.251. The molecule has 0 bridgehead atoms. The molecule has 0 radical (unpaired) electrons. The monoisotopic (exact) mass is 360 g/mol. The Labute approximate surface area is 156 Å². The number of fused-ring (bicyclic) bond motifs is 2. The van der Waals surface area contributed by atoms with Gasteiger partial charge >= 0.3 is 5.97 Å². The predicted molar refractivity (Wildman–Crippen MR) is 107 cm³/mol. The zero-order valence-electron chi connectivity index (χ0n) is 15.2. The number of hydrogen-bond donors (Lipinski definition) is 2. The van der Waals surface area contributed by atoms with Crippen molar-refractivity contribution in [2.24, 2.45) is 5.92 Å². The molecule has 0 aliphatic rings. The fraction of sp³-hybridized carbons (Fsp3) is 0.182. The van der Waals surface area contributed by atoms with E-state index in [0.29, 0.717) is 5.92 Å². The molecule has 0 amide bonds. The van der Waals surface area contributed by atoms with Crippen molar-refractivity contribution < 1.29 is 14.3 Å². The molecule has 27 heavy (non-hydrogen) atoms. The number of nitrogens with zero attached hydrogens (tertiary/aromatic N) is 1. The number of furan rings is 1. The normalized spacial score (nSPS) is 11.4. The topological polar surface area (TPSA) is 75.4 Å². The number of carbonyl (C=O) groups is 1. The Morgan fingerprint density at radius 2 is 2.00 bits per heavy atom. The first-order chi connectivity index (χ1) is 13.0. The van der Waals surface area contributed by atoms with E-state index in [2.05, 4.69) is 19.2 Å². The van der Waals surface area contributed by atoms with Crippen molar-refractivity contribution in [2.75, 3.05) is 11.9 Å². The Kier molecular flexibility index (Phi) is 4.28. The van der Waals surface area contributed by atoms with E-state index in [-0.39, 0.29) is 5.56 Å². The minimum atomic E-state index is -0.946. The second kappa shape index (κ2) is 6.76. The summed E-state index contributed by atoms with van der Waals surface area (Å²) in [5.41, 5.74) is 4.39. The number of nitrogens with one attached hydrogen (secondary N) is 1. The van der Waals surface area contributed by atoms with Crippen molar-refractivity contribution in [3.63, 3.8) is 0 Å². The number of rotatable bonds is 5. The van der Waals surface area contributed by atoms with E-state index in [9.17, 15) is 9.90 Å². The van der Waals surface area contributed by atoms with Gasteiger partial charge in [-0.25, -0.2) is 9.78 Å². The van der Waals surface area contributed by atoms with E-state index in [1.807, 2.05) is 30.3 Å². The van der Waals surface area contributed by atoms with Gasteiger partial charge in [0.25, 0.3) is 0 Å². The van der Waals surface area contributed by atoms with Crippen LogP contribution in [0.3, 0.4) is 0 Å². The maximum absolute atomic E-state index is 11.3. The standard InChI is InChI=1S/C22H20N2O3/c1-13(2)11-23-19-10-15-9-14(22(25)26)7-8-18(15)24-21(19)17-12-27-20-6-4-3-5-16(17)20/h3-10,12-13,23H,11H2,1-2H3,(H,25,26). The highest BCUT2D eigenvalue weighted by molar-refractivity contribution is 6.00. The van der Waals surface area contributed by atoms with Gasteiger partial charge in [0.2, 0.25) is 0 Å². The van der Waals surface area contributed by atoms with Gasteiger partial charge in [-0.3, -0.25) is 0 Å². The largest absolute Gasteiger partial charge is 0.478 e. The molecule has 4 aromatic rings. The highest BCUT2D eigenvalue weighted by Crippen LogP contribution is 2.35. The Morgan fingerprint density at radius 3 is 2.78 bits per heavy atom. The van der Waals surface area contributed by atoms with Crippen LogP contribution < -0.4 is 5.32 Å². The molecule has 0 spiro atoms. The van der Waals surface area contributed by atoms with Gasteiger partial charge in [0, 0.05) is 22.9 Å². The maximum Gasteiger partial charge on any atom is 0.335 e. The maximum atomic E-state index is 11.3. The SMILES string of the molecule is CC(C)CNc1cc2cc(C(=O)O)ccc2nc1-c1coc2ccccc12. The van der Waals surface area contributed by atoms with Gasteiger partial charge in [-0.05, 0) is 36.2 Å². The molecule has 136 valence electrons. The molecule has 5 nitrogen and oxygen atoms in total. The predicted octanol–water partition coefficient (Wildman–Crippen LogP) is 5.41. The molecule has 4 rings (SSSR count). The van der Waals surface area contributed by atoms with Crippen LogP contribution in [0, 0.1) is 5.92 Å². The first-order valence-corrected chi connectivity index (χ1v) is 8.91. The molecule has 2 aromatic heterocycles. The van der Waals surface area contributed by atoms with Gasteiger partial charge in [0.1, 0.15) is 11.8 Å². The molecule has 0 saturated carbocycles. The summed E-state index contributed by atoms with van der Waals surface area (Å²) in [6.45, 7) is 5.06. The first-order valence-electron chi connectivity index (χ1n) is 8.91. The molecule has 0 aliphatic heterocycles. The summed E-state index contributed by atoms with van der Waals surface area (Å²) in [7, 11) is 0. The van der Waals surface area contributed by atoms with Gasteiger partial charge in [-0.1, -0.05) is 32.0 Å². The van der Waals surface area contributed by atoms with Crippen LogP contribution in [0.15, 0.2) is 59.2 Å². The third-order valence-corrected chi connectivity index (χ3v) is 4.50. The van der Waals surface area contributed by atoms with Crippen molar-refractivity contribution in [3.05, 3.63) is 60.4 Å². The average Bonchev–Trinajstić information content (AvgIpc) is 3.09. The van der Waals surface area contributed by atoms with E-state index in [4.69, 9.17) is 9.40 Å². The summed E-state index contributed by atoms with van der Waals surface area (Å²) < 4.78 is 5.70. The second-order valence-corrected chi connectivity index (χ2v) is 7.02. The zero-order valence-corrected chi connectivity index (χ0v) is 15.2. The van der Waals surface area contributed by atoms with Crippen LogP contribution in [0.4, 0.5) is 5.69 Å². The fourth-order valence-corrected chi connectivity index (χ4v) is 3.12. The summed E-state index contributed by atoms with van der Waals surface area (Å²) in [4.78, 5) is 16.1. The Morgan fingerprint density at radius 1 is 1.19 bits per heavy atom. The number of anilines is 1. The van der Waals surface area contributed by atoms with Gasteiger partial charge in [0.15, 0.2) is 0 Å². The van der Waals surface area contributed by atoms with E-state index in [0.717, 1.165) is 45.4 Å². The lowest BCUT2D eigenvalue weighted by atomic mass is 10.0. The molecule has 0 fully saturated rings. The quantitative estimate of drug-likeness (QED) is 0.497. The zero-order chi connectivity index (χ0) is 19.0. The van der Waals surface area contributed by atoms with E-state index < -0.39 is 5.97 Å². The lowest BCUT2D eigenvalue weighted by Gasteiger charge is -2.14. The molecule has 2 aromatic carbocycles. The lowest BCUT2D eigenvalue weighted by Crippen LogP contribution is -2.09. The molecule has 2 N–H and O–H groups in total. The van der Waals surface area contributed by atoms with Crippen LogP contribution >= 0.6 is 0 Å². The molecular formula is C22H20N2O3. The van der Waals surface area contributed by atoms with Gasteiger partial charge < -0.3 is 14.8 Å². The van der Waals surface area contributed by atoms with Crippen molar-refractivity contribution >= 4 is 33.5 Å². The summed E-state index contributed by atoms with van der Waals surface area (Å²) >= 11 is 0. The van der Waals surface area contributed by atoms with Crippen LogP contribution in [0.1, 0.15) is 24.2 Å². The van der Waals surface area contributed by atoms with E-state index in [1.165, 1.54) is 0 Å². The number of aromatic carboxylic acids is 1. The van der Waals surface area contributed by atoms with Crippen molar-refractivity contribution in [2.45, 2.75) is 13.8 Å². The van der Waals surface area contributed by atoms with E-state index >= 15 is 0 Å². The minimum Gasteiger partial charge on any atom is -0.478 e. The van der Waals surface area contributed by atoms with Gasteiger partial charge in [-0.2, -0.15) is 0 Å². The molecule has 5 heteroatoms. The Balaban J connectivity index is 1.92. The Bertz CT molecular complexity index is 1140. The van der Waals surface area contributed by atoms with Gasteiger partial charge in [-0.15, -0.1) is 0 Å². The molecule has 0 aliphatic carbocycles. The number of carboxylic acids is 1. The molecule has 0 atom stereocenters. The fourth-order valence-electron chi connectivity index (χ4n) is 3.12. The highest BCUT2D eigenvalue weighted by Gasteiger charge is 2.16. The third kappa shape index (κ3) is 3.24. The van der Waals surface area contributed by atoms with Crippen LogP contribution in [0.25, 0.3) is 33.1 Å². The summed E-state index contributed by atoms with van der Waals surface area (Å²) in [5.74, 6) is -0.488. The molecule has 0 unspecified atom stereocenters. The second-order valence-electron chi connectivity index (χ2n) is 7.02. The van der Waals surface area contributed by atoms with Crippen LogP contribution in [-0.2, 0) is 0 Å². The summed E-state index contributed by atoms with van der Waals surface area (Å²) in [6.07, 6.45) is 1.73. The average molecular weight is 360 g/mol. The number of hydrogen-bond acceptors (Lipinski definition) is 4. The number of pyridine rings is 1. The van der Waals surface area contributed by atoms with Crippen molar-refractivity contribution in [3.8, 4) is 11.3 Å². The van der Waals surface area contributed by atoms with Crippen molar-refractivity contribution in [1.29, 1.82) is 0 Å². The number of aromatic nitrogens is 1. The summed E-state index contributed by atoms with van der Waals surface area (Å²) in [5, 5.41) is 14.5. The van der Waals surface area contributed by atoms with Crippen LogP contribution in [-0.4, -0.2) is 22.6 Å². The smallest absolute Gasteiger partial charge is 0.335 e. The molecule has 2 heterocycles.